The Morgan fingerprint density at radius 1 is 1.11 bits per heavy atom. The molecule has 9 heteroatoms. The lowest BCUT2D eigenvalue weighted by Crippen LogP contribution is -2.25. The van der Waals surface area contributed by atoms with Crippen LogP contribution in [0.15, 0.2) is 72.1 Å². The molecule has 0 aliphatic heterocycles. The zero-order chi connectivity index (χ0) is 20.0. The average Bonchev–Trinajstić information content (AvgIpc) is 3.20. The molecule has 1 heterocycles. The van der Waals surface area contributed by atoms with Crippen LogP contribution in [0.5, 0.6) is 0 Å². The van der Waals surface area contributed by atoms with Crippen LogP contribution in [-0.4, -0.2) is 30.4 Å². The maximum atomic E-state index is 13.7. The third-order valence-electron chi connectivity index (χ3n) is 3.98. The number of carbonyl (C=O) groups excluding carboxylic acids is 1. The summed E-state index contributed by atoms with van der Waals surface area (Å²) in [5.74, 6) is -0.964. The molecule has 3 aromatic rings. The molecule has 28 heavy (non-hydrogen) atoms. The zero-order valence-corrected chi connectivity index (χ0v) is 15.7. The van der Waals surface area contributed by atoms with E-state index in [4.69, 9.17) is 0 Å². The van der Waals surface area contributed by atoms with Gasteiger partial charge in [0.05, 0.1) is 16.9 Å². The molecule has 0 fully saturated rings. The van der Waals surface area contributed by atoms with Crippen LogP contribution in [0.3, 0.4) is 0 Å². The van der Waals surface area contributed by atoms with Crippen molar-refractivity contribution in [2.75, 3.05) is 11.3 Å². The predicted octanol–water partition coefficient (Wildman–Crippen LogP) is 2.64. The van der Waals surface area contributed by atoms with Crippen molar-refractivity contribution in [3.05, 3.63) is 78.6 Å². The number of halogens is 1. The minimum Gasteiger partial charge on any atom is -0.352 e. The molecule has 0 atom stereocenters. The monoisotopic (exact) mass is 402 g/mol. The van der Waals surface area contributed by atoms with Crippen molar-refractivity contribution < 1.29 is 17.6 Å². The molecule has 3 rings (SSSR count). The summed E-state index contributed by atoms with van der Waals surface area (Å²) in [6.45, 7) is 1.21. The summed E-state index contributed by atoms with van der Waals surface area (Å²) in [6.07, 6.45) is 5.98. The number of benzene rings is 2. The molecule has 0 spiro atoms. The molecular weight excluding hydrogens is 383 g/mol. The Balaban J connectivity index is 1.57. The second kappa shape index (κ2) is 8.66. The molecule has 0 radical (unpaired) electrons. The Bertz CT molecular complexity index is 1040. The quantitative estimate of drug-likeness (QED) is 0.567. The van der Waals surface area contributed by atoms with E-state index < -0.39 is 15.8 Å². The summed E-state index contributed by atoms with van der Waals surface area (Å²) in [7, 11) is -3.95. The number of carbonyl (C=O) groups is 1. The topological polar surface area (TPSA) is 93.1 Å². The first-order valence-electron chi connectivity index (χ1n) is 8.57. The largest absolute Gasteiger partial charge is 0.352 e. The van der Waals surface area contributed by atoms with Crippen LogP contribution >= 0.6 is 0 Å². The number of hydrogen-bond acceptors (Lipinski definition) is 4. The molecule has 7 nitrogen and oxygen atoms in total. The van der Waals surface area contributed by atoms with Gasteiger partial charge in [-0.25, -0.2) is 17.8 Å². The summed E-state index contributed by atoms with van der Waals surface area (Å²) < 4.78 is 42.5. The second-order valence-electron chi connectivity index (χ2n) is 6.02. The molecule has 1 aromatic heterocycles. The van der Waals surface area contributed by atoms with Crippen molar-refractivity contribution in [2.45, 2.75) is 17.9 Å². The molecule has 1 amide bonds. The smallest absolute Gasteiger partial charge is 0.261 e. The number of nitrogens with one attached hydrogen (secondary N) is 2. The van der Waals surface area contributed by atoms with Gasteiger partial charge < -0.3 is 9.88 Å². The summed E-state index contributed by atoms with van der Waals surface area (Å²) in [5.41, 5.74) is 0.203. The maximum absolute atomic E-state index is 13.7. The van der Waals surface area contributed by atoms with E-state index in [9.17, 15) is 17.6 Å². The molecule has 0 bridgehead atoms. The maximum Gasteiger partial charge on any atom is 0.261 e. The number of hydrogen-bond donors (Lipinski definition) is 2. The van der Waals surface area contributed by atoms with Gasteiger partial charge in [0, 0.05) is 31.0 Å². The average molecular weight is 402 g/mol. The predicted molar refractivity (Wildman–Crippen MR) is 103 cm³/mol. The van der Waals surface area contributed by atoms with Crippen LogP contribution in [0.1, 0.15) is 16.8 Å². The van der Waals surface area contributed by atoms with Crippen LogP contribution in [0.4, 0.5) is 10.1 Å². The van der Waals surface area contributed by atoms with E-state index >= 15 is 0 Å². The van der Waals surface area contributed by atoms with Gasteiger partial charge in [-0.05, 0) is 42.8 Å². The molecule has 2 aromatic carbocycles. The fraction of sp³-hybridized carbons (Fsp3) is 0.158. The van der Waals surface area contributed by atoms with Gasteiger partial charge >= 0.3 is 0 Å². The van der Waals surface area contributed by atoms with Gasteiger partial charge in [-0.2, -0.15) is 0 Å². The highest BCUT2D eigenvalue weighted by atomic mass is 32.2. The van der Waals surface area contributed by atoms with Crippen LogP contribution in [-0.2, 0) is 16.6 Å². The van der Waals surface area contributed by atoms with Crippen molar-refractivity contribution in [3.8, 4) is 0 Å². The van der Waals surface area contributed by atoms with E-state index in [1.807, 2.05) is 10.8 Å². The number of aromatic nitrogens is 2. The van der Waals surface area contributed by atoms with Crippen molar-refractivity contribution in [1.29, 1.82) is 0 Å². The van der Waals surface area contributed by atoms with Crippen LogP contribution in [0.25, 0.3) is 0 Å². The van der Waals surface area contributed by atoms with Gasteiger partial charge in [-0.3, -0.25) is 9.52 Å². The Morgan fingerprint density at radius 2 is 1.86 bits per heavy atom. The number of sulfonamides is 1. The van der Waals surface area contributed by atoms with E-state index in [1.54, 1.807) is 12.5 Å². The van der Waals surface area contributed by atoms with E-state index in [-0.39, 0.29) is 16.5 Å². The van der Waals surface area contributed by atoms with Crippen molar-refractivity contribution in [3.63, 3.8) is 0 Å². The number of amides is 1. The Hall–Kier alpha value is -3.20. The number of imidazole rings is 1. The molecule has 0 saturated heterocycles. The van der Waals surface area contributed by atoms with E-state index in [0.717, 1.165) is 19.0 Å². The third-order valence-corrected chi connectivity index (χ3v) is 5.36. The summed E-state index contributed by atoms with van der Waals surface area (Å²) in [6, 6.07) is 10.9. The number of rotatable bonds is 8. The van der Waals surface area contributed by atoms with Gasteiger partial charge in [-0.15, -0.1) is 0 Å². The first-order valence-corrected chi connectivity index (χ1v) is 10.1. The number of aryl methyl sites for hydroxylation is 1. The number of nitrogens with zero attached hydrogens (tertiary/aromatic N) is 2. The lowest BCUT2D eigenvalue weighted by molar-refractivity contribution is 0.0952. The second-order valence-corrected chi connectivity index (χ2v) is 7.70. The van der Waals surface area contributed by atoms with Crippen LogP contribution < -0.4 is 10.0 Å². The summed E-state index contributed by atoms with van der Waals surface area (Å²) >= 11 is 0. The minimum absolute atomic E-state index is 0.0626. The van der Waals surface area contributed by atoms with Gasteiger partial charge in [0.25, 0.3) is 15.9 Å². The fourth-order valence-electron chi connectivity index (χ4n) is 2.52. The summed E-state index contributed by atoms with van der Waals surface area (Å²) in [5, 5.41) is 2.78. The van der Waals surface area contributed by atoms with Crippen LogP contribution in [0.2, 0.25) is 0 Å². The number of anilines is 1. The Morgan fingerprint density at radius 3 is 2.54 bits per heavy atom. The SMILES string of the molecule is O=C(NCCCn1ccnc1)c1ccc(S(=O)(=O)Nc2ccccc2F)cc1. The minimum atomic E-state index is -3.95. The summed E-state index contributed by atoms with van der Waals surface area (Å²) in [4.78, 5) is 16.0. The molecule has 0 saturated carbocycles. The molecule has 0 aliphatic rings. The van der Waals surface area contributed by atoms with Crippen molar-refractivity contribution in [1.82, 2.24) is 14.9 Å². The van der Waals surface area contributed by atoms with Gasteiger partial charge in [0.2, 0.25) is 0 Å². The van der Waals surface area contributed by atoms with Crippen molar-refractivity contribution in [2.24, 2.45) is 0 Å². The third kappa shape index (κ3) is 4.95. The lowest BCUT2D eigenvalue weighted by Gasteiger charge is -2.10. The Labute approximate surface area is 162 Å². The van der Waals surface area contributed by atoms with Gasteiger partial charge in [0.1, 0.15) is 5.82 Å². The first-order chi connectivity index (χ1) is 13.5. The van der Waals surface area contributed by atoms with E-state index in [0.29, 0.717) is 12.1 Å². The van der Waals surface area contributed by atoms with Crippen molar-refractivity contribution >= 4 is 21.6 Å². The molecule has 146 valence electrons. The molecule has 0 unspecified atom stereocenters. The highest BCUT2D eigenvalue weighted by Crippen LogP contribution is 2.19. The highest BCUT2D eigenvalue weighted by Gasteiger charge is 2.16. The lowest BCUT2D eigenvalue weighted by atomic mass is 10.2. The van der Waals surface area contributed by atoms with E-state index in [2.05, 4.69) is 15.0 Å². The van der Waals surface area contributed by atoms with E-state index in [1.165, 1.54) is 42.5 Å². The standard InChI is InChI=1S/C19H19FN4O3S/c20-17-4-1-2-5-18(17)23-28(26,27)16-8-6-15(7-9-16)19(25)22-10-3-12-24-13-11-21-14-24/h1-2,4-9,11,13-14,23H,3,10,12H2,(H,22,25). The van der Waals surface area contributed by atoms with Gasteiger partial charge in [0.15, 0.2) is 0 Å². The first kappa shape index (κ1) is 19.6. The Kier molecular flexibility index (Phi) is 6.05. The normalized spacial score (nSPS) is 11.2. The fourth-order valence-corrected chi connectivity index (χ4v) is 3.59. The van der Waals surface area contributed by atoms with Crippen LogP contribution in [0, 0.1) is 5.82 Å². The van der Waals surface area contributed by atoms with Gasteiger partial charge in [-0.1, -0.05) is 12.1 Å². The molecular formula is C19H19FN4O3S. The zero-order valence-electron chi connectivity index (χ0n) is 14.9. The molecule has 0 aliphatic carbocycles. The highest BCUT2D eigenvalue weighted by molar-refractivity contribution is 7.92. The number of para-hydroxylation sites is 1. The molecule has 2 N–H and O–H groups in total.